The molecule has 94 valence electrons. The third-order valence-corrected chi connectivity index (χ3v) is 4.56. The molecule has 1 aliphatic heterocycles. The molecule has 0 spiro atoms. The van der Waals surface area contributed by atoms with E-state index in [0.29, 0.717) is 17.6 Å². The third-order valence-electron chi connectivity index (χ3n) is 4.56. The van der Waals surface area contributed by atoms with E-state index in [2.05, 4.69) is 31.0 Å². The first-order chi connectivity index (χ1) is 7.59. The van der Waals surface area contributed by atoms with E-state index in [0.717, 1.165) is 12.6 Å². The normalized spacial score (nSPS) is 38.6. The highest BCUT2D eigenvalue weighted by Crippen LogP contribution is 2.46. The van der Waals surface area contributed by atoms with E-state index in [4.69, 9.17) is 4.74 Å². The van der Waals surface area contributed by atoms with Gasteiger partial charge in [0.05, 0.1) is 6.10 Å². The molecule has 3 heteroatoms. The fourth-order valence-electron chi connectivity index (χ4n) is 3.41. The second-order valence-electron chi connectivity index (χ2n) is 5.84. The number of hydrogen-bond acceptors (Lipinski definition) is 3. The maximum atomic E-state index is 5.52. The van der Waals surface area contributed by atoms with Crippen molar-refractivity contribution in [3.8, 4) is 0 Å². The summed E-state index contributed by atoms with van der Waals surface area (Å²) in [5.41, 5.74) is 0.329. The van der Waals surface area contributed by atoms with Crippen LogP contribution in [0.1, 0.15) is 33.6 Å². The Morgan fingerprint density at radius 1 is 1.44 bits per heavy atom. The Morgan fingerprint density at radius 3 is 2.75 bits per heavy atom. The Morgan fingerprint density at radius 2 is 2.19 bits per heavy atom. The summed E-state index contributed by atoms with van der Waals surface area (Å²) in [4.78, 5) is 2.66. The molecule has 0 aromatic rings. The second-order valence-corrected chi connectivity index (χ2v) is 5.84. The molecule has 0 bridgehead atoms. The van der Waals surface area contributed by atoms with E-state index in [1.165, 1.54) is 25.9 Å². The summed E-state index contributed by atoms with van der Waals surface area (Å²) < 4.78 is 5.52. The van der Waals surface area contributed by atoms with Gasteiger partial charge in [0.25, 0.3) is 0 Å². The molecule has 1 saturated heterocycles. The maximum Gasteiger partial charge on any atom is 0.0652 e. The average molecular weight is 226 g/mol. The van der Waals surface area contributed by atoms with Crippen molar-refractivity contribution in [1.82, 2.24) is 10.2 Å². The number of likely N-dealkylation sites (N-methyl/N-ethyl adjacent to an activating group) is 1. The van der Waals surface area contributed by atoms with Crippen LogP contribution in [0.4, 0.5) is 0 Å². The SMILES string of the molecule is CCNC1CCN(C2CC(OC)C2(C)C)C1. The van der Waals surface area contributed by atoms with Crippen molar-refractivity contribution in [3.63, 3.8) is 0 Å². The molecular formula is C13H26N2O. The second kappa shape index (κ2) is 4.63. The van der Waals surface area contributed by atoms with Gasteiger partial charge in [-0.3, -0.25) is 4.90 Å². The van der Waals surface area contributed by atoms with Crippen molar-refractivity contribution in [2.75, 3.05) is 26.7 Å². The lowest BCUT2D eigenvalue weighted by molar-refractivity contribution is -0.133. The lowest BCUT2D eigenvalue weighted by Gasteiger charge is -2.54. The highest BCUT2D eigenvalue weighted by Gasteiger charge is 2.52. The predicted molar refractivity (Wildman–Crippen MR) is 66.6 cm³/mol. The molecule has 3 unspecified atom stereocenters. The van der Waals surface area contributed by atoms with Gasteiger partial charge >= 0.3 is 0 Å². The van der Waals surface area contributed by atoms with Crippen molar-refractivity contribution in [3.05, 3.63) is 0 Å². The number of ether oxygens (including phenoxy) is 1. The van der Waals surface area contributed by atoms with Gasteiger partial charge in [0, 0.05) is 37.7 Å². The molecule has 0 aromatic carbocycles. The first kappa shape index (κ1) is 12.3. The van der Waals surface area contributed by atoms with Crippen LogP contribution in [0, 0.1) is 5.41 Å². The molecule has 1 saturated carbocycles. The number of nitrogens with one attached hydrogen (secondary N) is 1. The van der Waals surface area contributed by atoms with Gasteiger partial charge in [0.15, 0.2) is 0 Å². The van der Waals surface area contributed by atoms with Gasteiger partial charge in [0.1, 0.15) is 0 Å². The molecule has 2 rings (SSSR count). The van der Waals surface area contributed by atoms with Gasteiger partial charge < -0.3 is 10.1 Å². The molecule has 0 aromatic heterocycles. The Labute approximate surface area is 99.5 Å². The minimum Gasteiger partial charge on any atom is -0.381 e. The van der Waals surface area contributed by atoms with Crippen LogP contribution in [-0.4, -0.2) is 49.8 Å². The minimum atomic E-state index is 0.329. The van der Waals surface area contributed by atoms with Crippen LogP contribution in [0.3, 0.4) is 0 Å². The summed E-state index contributed by atoms with van der Waals surface area (Å²) in [6, 6.07) is 1.43. The molecule has 0 radical (unpaired) electrons. The molecular weight excluding hydrogens is 200 g/mol. The van der Waals surface area contributed by atoms with Crippen LogP contribution in [0.25, 0.3) is 0 Å². The summed E-state index contributed by atoms with van der Waals surface area (Å²) in [7, 11) is 1.84. The highest BCUT2D eigenvalue weighted by atomic mass is 16.5. The van der Waals surface area contributed by atoms with Crippen molar-refractivity contribution >= 4 is 0 Å². The number of nitrogens with zero attached hydrogens (tertiary/aromatic N) is 1. The molecule has 1 N–H and O–H groups in total. The number of rotatable bonds is 4. The lowest BCUT2D eigenvalue weighted by atomic mass is 9.64. The van der Waals surface area contributed by atoms with E-state index < -0.39 is 0 Å². The fourth-order valence-corrected chi connectivity index (χ4v) is 3.41. The summed E-state index contributed by atoms with van der Waals surface area (Å²) in [5.74, 6) is 0. The highest BCUT2D eigenvalue weighted by molar-refractivity contribution is 5.05. The molecule has 0 amide bonds. The summed E-state index contributed by atoms with van der Waals surface area (Å²) in [6.45, 7) is 10.4. The summed E-state index contributed by atoms with van der Waals surface area (Å²) in [5, 5.41) is 3.56. The zero-order valence-corrected chi connectivity index (χ0v) is 11.1. The van der Waals surface area contributed by atoms with E-state index in [1.807, 2.05) is 7.11 Å². The minimum absolute atomic E-state index is 0.329. The van der Waals surface area contributed by atoms with E-state index in [1.54, 1.807) is 0 Å². The van der Waals surface area contributed by atoms with Crippen LogP contribution in [0.5, 0.6) is 0 Å². The summed E-state index contributed by atoms with van der Waals surface area (Å²) in [6.07, 6.45) is 2.97. The first-order valence-corrected chi connectivity index (χ1v) is 6.59. The van der Waals surface area contributed by atoms with Gasteiger partial charge in [-0.05, 0) is 19.4 Å². The van der Waals surface area contributed by atoms with Crippen LogP contribution in [0.2, 0.25) is 0 Å². The van der Waals surface area contributed by atoms with Gasteiger partial charge in [-0.2, -0.15) is 0 Å². The Bertz CT molecular complexity index is 242. The number of hydrogen-bond donors (Lipinski definition) is 1. The smallest absolute Gasteiger partial charge is 0.0652 e. The first-order valence-electron chi connectivity index (χ1n) is 6.59. The predicted octanol–water partition coefficient (Wildman–Crippen LogP) is 1.48. The number of likely N-dealkylation sites (tertiary alicyclic amines) is 1. The van der Waals surface area contributed by atoms with Crippen LogP contribution < -0.4 is 5.32 Å². The zero-order chi connectivity index (χ0) is 11.8. The maximum absolute atomic E-state index is 5.52. The van der Waals surface area contributed by atoms with E-state index >= 15 is 0 Å². The van der Waals surface area contributed by atoms with Crippen molar-refractivity contribution in [2.45, 2.75) is 51.8 Å². The largest absolute Gasteiger partial charge is 0.381 e. The van der Waals surface area contributed by atoms with E-state index in [9.17, 15) is 0 Å². The van der Waals surface area contributed by atoms with Crippen LogP contribution in [0.15, 0.2) is 0 Å². The molecule has 3 atom stereocenters. The molecule has 1 aliphatic carbocycles. The van der Waals surface area contributed by atoms with Crippen LogP contribution in [-0.2, 0) is 4.74 Å². The van der Waals surface area contributed by atoms with Gasteiger partial charge in [-0.15, -0.1) is 0 Å². The van der Waals surface area contributed by atoms with Crippen molar-refractivity contribution in [2.24, 2.45) is 5.41 Å². The van der Waals surface area contributed by atoms with Gasteiger partial charge in [-0.1, -0.05) is 20.8 Å². The standard InChI is InChI=1S/C13H26N2O/c1-5-14-10-6-7-15(9-10)11-8-12(16-4)13(11,2)3/h10-12,14H,5-9H2,1-4H3. The Hall–Kier alpha value is -0.120. The topological polar surface area (TPSA) is 24.5 Å². The Balaban J connectivity index is 1.87. The molecule has 2 fully saturated rings. The third kappa shape index (κ3) is 2.01. The molecule has 16 heavy (non-hydrogen) atoms. The fraction of sp³-hybridized carbons (Fsp3) is 1.00. The molecule has 1 heterocycles. The summed E-state index contributed by atoms with van der Waals surface area (Å²) >= 11 is 0. The Kier molecular flexibility index (Phi) is 3.57. The monoisotopic (exact) mass is 226 g/mol. The quantitative estimate of drug-likeness (QED) is 0.786. The van der Waals surface area contributed by atoms with Crippen molar-refractivity contribution < 1.29 is 4.74 Å². The van der Waals surface area contributed by atoms with Gasteiger partial charge in [-0.25, -0.2) is 0 Å². The molecule has 2 aliphatic rings. The van der Waals surface area contributed by atoms with Gasteiger partial charge in [0.2, 0.25) is 0 Å². The average Bonchev–Trinajstić information content (AvgIpc) is 2.66. The van der Waals surface area contributed by atoms with Crippen LogP contribution >= 0.6 is 0 Å². The van der Waals surface area contributed by atoms with Crippen molar-refractivity contribution in [1.29, 1.82) is 0 Å². The lowest BCUT2D eigenvalue weighted by Crippen LogP contribution is -2.61. The zero-order valence-electron chi connectivity index (χ0n) is 11.1. The number of methoxy groups -OCH3 is 1. The van der Waals surface area contributed by atoms with E-state index in [-0.39, 0.29) is 0 Å². The molecule has 3 nitrogen and oxygen atoms in total.